The molecule has 0 radical (unpaired) electrons. The highest BCUT2D eigenvalue weighted by molar-refractivity contribution is 5.84. The summed E-state index contributed by atoms with van der Waals surface area (Å²) in [6.45, 7) is 0.108. The average molecular weight is 369 g/mol. The van der Waals surface area contributed by atoms with Gasteiger partial charge in [0.1, 0.15) is 11.4 Å². The number of nitrogens with zero attached hydrogens (tertiary/aromatic N) is 2. The average Bonchev–Trinajstić information content (AvgIpc) is 3.10. The number of aliphatic imine (C=N–C) groups is 1. The van der Waals surface area contributed by atoms with Crippen LogP contribution in [0.25, 0.3) is 5.69 Å². The van der Waals surface area contributed by atoms with Crippen LogP contribution < -0.4 is 20.7 Å². The van der Waals surface area contributed by atoms with Crippen LogP contribution in [-0.4, -0.2) is 27.7 Å². The minimum atomic E-state index is -0.970. The van der Waals surface area contributed by atoms with Crippen molar-refractivity contribution in [2.45, 2.75) is 0 Å². The zero-order chi connectivity index (χ0) is 19.0. The van der Waals surface area contributed by atoms with E-state index in [1.54, 1.807) is 18.2 Å². The Labute approximate surface area is 150 Å². The lowest BCUT2D eigenvalue weighted by Crippen LogP contribution is -2.31. The second-order valence-electron chi connectivity index (χ2n) is 5.58. The van der Waals surface area contributed by atoms with Crippen molar-refractivity contribution in [3.8, 4) is 23.1 Å². The van der Waals surface area contributed by atoms with Crippen LogP contribution >= 0.6 is 0 Å². The molecule has 0 unspecified atom stereocenters. The van der Waals surface area contributed by atoms with Crippen LogP contribution in [0.2, 0.25) is 0 Å². The quantitative estimate of drug-likeness (QED) is 0.686. The third kappa shape index (κ3) is 2.95. The molecule has 3 aromatic rings. The number of hydrogen-bond donors (Lipinski definition) is 2. The summed E-state index contributed by atoms with van der Waals surface area (Å²) in [5.74, 6) is -0.388. The molecule has 0 amide bonds. The van der Waals surface area contributed by atoms with E-state index in [9.17, 15) is 19.1 Å². The second kappa shape index (κ2) is 6.45. The number of rotatable bonds is 3. The summed E-state index contributed by atoms with van der Waals surface area (Å²) >= 11 is 0. The van der Waals surface area contributed by atoms with Crippen LogP contribution in [0, 0.1) is 5.82 Å². The predicted octanol–water partition coefficient (Wildman–Crippen LogP) is 1.85. The minimum absolute atomic E-state index is 0.108. The Morgan fingerprint density at radius 2 is 1.93 bits per heavy atom. The van der Waals surface area contributed by atoms with E-state index in [4.69, 9.17) is 9.47 Å². The molecule has 0 spiro atoms. The summed E-state index contributed by atoms with van der Waals surface area (Å²) in [6.07, 6.45) is 1.09. The van der Waals surface area contributed by atoms with Gasteiger partial charge in [-0.2, -0.15) is 0 Å². The topological polar surface area (TPSA) is 106 Å². The Morgan fingerprint density at radius 3 is 2.74 bits per heavy atom. The number of nitrogens with one attached hydrogen (secondary N) is 1. The van der Waals surface area contributed by atoms with Crippen LogP contribution in [0.4, 0.5) is 10.1 Å². The molecule has 0 fully saturated rings. The molecule has 0 bridgehead atoms. The standard InChI is InChI=1S/C18H12FN3O5/c19-12-3-1-2-4-13(12)22-17(24)11(16(23)21-18(22)25)8-20-10-5-6-14-15(7-10)27-9-26-14/h1-8,24H,9H2,(H,21,23,25). The summed E-state index contributed by atoms with van der Waals surface area (Å²) in [5, 5.41) is 10.4. The molecule has 9 heteroatoms. The van der Waals surface area contributed by atoms with Crippen LogP contribution in [-0.2, 0) is 0 Å². The summed E-state index contributed by atoms with van der Waals surface area (Å²) in [7, 11) is 0. The highest BCUT2D eigenvalue weighted by atomic mass is 19.1. The highest BCUT2D eigenvalue weighted by Gasteiger charge is 2.17. The maximum Gasteiger partial charge on any atom is 0.335 e. The molecule has 0 saturated carbocycles. The van der Waals surface area contributed by atoms with Gasteiger partial charge in [-0.25, -0.2) is 13.8 Å². The van der Waals surface area contributed by atoms with Gasteiger partial charge in [0, 0.05) is 12.3 Å². The van der Waals surface area contributed by atoms with Crippen molar-refractivity contribution in [3.05, 3.63) is 74.7 Å². The smallest absolute Gasteiger partial charge is 0.335 e. The second-order valence-corrected chi connectivity index (χ2v) is 5.58. The van der Waals surface area contributed by atoms with Gasteiger partial charge in [0.05, 0.1) is 11.4 Å². The number of hydrogen-bond acceptors (Lipinski definition) is 6. The zero-order valence-corrected chi connectivity index (χ0v) is 13.7. The first-order valence-corrected chi connectivity index (χ1v) is 7.81. The first kappa shape index (κ1) is 16.6. The van der Waals surface area contributed by atoms with Gasteiger partial charge in [-0.15, -0.1) is 0 Å². The van der Waals surface area contributed by atoms with Crippen molar-refractivity contribution in [3.63, 3.8) is 0 Å². The normalized spacial score (nSPS) is 12.6. The number of benzene rings is 2. The Bertz CT molecular complexity index is 1180. The van der Waals surface area contributed by atoms with E-state index in [0.29, 0.717) is 21.8 Å². The molecule has 0 aliphatic carbocycles. The Balaban J connectivity index is 1.80. The van der Waals surface area contributed by atoms with Crippen molar-refractivity contribution in [1.29, 1.82) is 0 Å². The number of aromatic amines is 1. The Hall–Kier alpha value is -3.88. The lowest BCUT2D eigenvalue weighted by molar-refractivity contribution is 0.174. The lowest BCUT2D eigenvalue weighted by Gasteiger charge is -2.10. The molecule has 1 aliphatic rings. The van der Waals surface area contributed by atoms with Gasteiger partial charge in [-0.1, -0.05) is 12.1 Å². The molecular formula is C18H12FN3O5. The van der Waals surface area contributed by atoms with Gasteiger partial charge in [0.15, 0.2) is 11.5 Å². The molecule has 136 valence electrons. The van der Waals surface area contributed by atoms with Gasteiger partial charge in [0.25, 0.3) is 5.56 Å². The molecule has 1 aromatic heterocycles. The molecule has 0 atom stereocenters. The lowest BCUT2D eigenvalue weighted by atomic mass is 10.2. The van der Waals surface area contributed by atoms with Crippen molar-refractivity contribution in [2.75, 3.05) is 6.79 Å². The first-order chi connectivity index (χ1) is 13.0. The fraction of sp³-hybridized carbons (Fsp3) is 0.0556. The number of aromatic nitrogens is 2. The van der Waals surface area contributed by atoms with Crippen molar-refractivity contribution >= 4 is 11.9 Å². The molecule has 8 nitrogen and oxygen atoms in total. The summed E-state index contributed by atoms with van der Waals surface area (Å²) in [6, 6.07) is 10.2. The molecule has 2 N–H and O–H groups in total. The van der Waals surface area contributed by atoms with Crippen molar-refractivity contribution < 1.29 is 19.0 Å². The Morgan fingerprint density at radius 1 is 1.15 bits per heavy atom. The fourth-order valence-electron chi connectivity index (χ4n) is 2.62. The predicted molar refractivity (Wildman–Crippen MR) is 94.1 cm³/mol. The number of aromatic hydroxyl groups is 1. The zero-order valence-electron chi connectivity index (χ0n) is 13.7. The van der Waals surface area contributed by atoms with E-state index in [1.165, 1.54) is 18.2 Å². The molecule has 2 aromatic carbocycles. The number of ether oxygens (including phenoxy) is 2. The van der Waals surface area contributed by atoms with E-state index in [1.807, 2.05) is 4.98 Å². The molecule has 1 aliphatic heterocycles. The maximum atomic E-state index is 14.0. The van der Waals surface area contributed by atoms with Gasteiger partial charge in [-0.3, -0.25) is 14.8 Å². The molecule has 27 heavy (non-hydrogen) atoms. The number of halogens is 1. The number of fused-ring (bicyclic) bond motifs is 1. The van der Waals surface area contributed by atoms with Gasteiger partial charge in [-0.05, 0) is 24.3 Å². The first-order valence-electron chi connectivity index (χ1n) is 7.81. The third-order valence-electron chi connectivity index (χ3n) is 3.91. The molecule has 2 heterocycles. The van der Waals surface area contributed by atoms with E-state index in [0.717, 1.165) is 12.3 Å². The summed E-state index contributed by atoms with van der Waals surface area (Å²) in [5.41, 5.74) is -1.89. The van der Waals surface area contributed by atoms with Gasteiger partial charge in [0.2, 0.25) is 12.7 Å². The van der Waals surface area contributed by atoms with Gasteiger partial charge < -0.3 is 14.6 Å². The van der Waals surface area contributed by atoms with E-state index < -0.39 is 22.9 Å². The van der Waals surface area contributed by atoms with Crippen LogP contribution in [0.5, 0.6) is 17.4 Å². The maximum absolute atomic E-state index is 14.0. The highest BCUT2D eigenvalue weighted by Crippen LogP contribution is 2.35. The van der Waals surface area contributed by atoms with Crippen molar-refractivity contribution in [2.24, 2.45) is 4.99 Å². The Kier molecular flexibility index (Phi) is 3.96. The fourth-order valence-corrected chi connectivity index (χ4v) is 2.62. The third-order valence-corrected chi connectivity index (χ3v) is 3.91. The van der Waals surface area contributed by atoms with E-state index in [-0.39, 0.29) is 18.0 Å². The van der Waals surface area contributed by atoms with Gasteiger partial charge >= 0.3 is 5.69 Å². The van der Waals surface area contributed by atoms with Crippen LogP contribution in [0.15, 0.2) is 57.0 Å². The van der Waals surface area contributed by atoms with Crippen LogP contribution in [0.3, 0.4) is 0 Å². The molecule has 4 rings (SSSR count). The van der Waals surface area contributed by atoms with E-state index in [2.05, 4.69) is 4.99 Å². The monoisotopic (exact) mass is 369 g/mol. The number of para-hydroxylation sites is 1. The van der Waals surface area contributed by atoms with Crippen LogP contribution in [0.1, 0.15) is 5.56 Å². The SMILES string of the molecule is O=c1[nH]c(=O)n(-c2ccccc2F)c(O)c1C=Nc1ccc2c(c1)OCO2. The minimum Gasteiger partial charge on any atom is -0.493 e. The summed E-state index contributed by atoms with van der Waals surface area (Å²) < 4.78 is 25.1. The largest absolute Gasteiger partial charge is 0.493 e. The summed E-state index contributed by atoms with van der Waals surface area (Å²) in [4.78, 5) is 30.3. The van der Waals surface area contributed by atoms with Crippen molar-refractivity contribution in [1.82, 2.24) is 9.55 Å². The molecular weight excluding hydrogens is 357 g/mol. The number of H-pyrrole nitrogens is 1. The molecule has 0 saturated heterocycles. The van der Waals surface area contributed by atoms with E-state index >= 15 is 0 Å².